The monoisotopic (exact) mass is 520 g/mol. The van der Waals surface area contributed by atoms with Crippen LogP contribution in [0, 0.1) is 13.8 Å². The van der Waals surface area contributed by atoms with Crippen molar-refractivity contribution in [2.75, 3.05) is 19.8 Å². The van der Waals surface area contributed by atoms with Crippen LogP contribution >= 0.6 is 0 Å². The fourth-order valence-corrected chi connectivity index (χ4v) is 4.71. The van der Waals surface area contributed by atoms with Crippen LogP contribution in [-0.4, -0.2) is 42.9 Å². The van der Waals surface area contributed by atoms with E-state index in [1.54, 1.807) is 24.3 Å². The zero-order chi connectivity index (χ0) is 25.3. The standard InChI is InChI=1S/C25H28O8S2/c1-20-8-12-23(13-9-20)34(26,27)32-17-16-30-25(31-18-22-6-4-3-5-7-22)19-33-35(28,29)24-14-10-21(2)11-15-24/h3-15,25H,16-19H2,1-2H3. The van der Waals surface area contributed by atoms with Gasteiger partial charge in [0.2, 0.25) is 0 Å². The molecule has 0 radical (unpaired) electrons. The van der Waals surface area contributed by atoms with Gasteiger partial charge in [-0.1, -0.05) is 65.7 Å². The molecule has 0 fully saturated rings. The van der Waals surface area contributed by atoms with Gasteiger partial charge in [0.15, 0.2) is 6.29 Å². The molecule has 35 heavy (non-hydrogen) atoms. The Morgan fingerprint density at radius 2 is 1.14 bits per heavy atom. The van der Waals surface area contributed by atoms with Gasteiger partial charge in [-0.2, -0.15) is 16.8 Å². The second-order valence-corrected chi connectivity index (χ2v) is 11.0. The summed E-state index contributed by atoms with van der Waals surface area (Å²) in [6.07, 6.45) is -1.08. The topological polar surface area (TPSA) is 105 Å². The fraction of sp³-hybridized carbons (Fsp3) is 0.280. The van der Waals surface area contributed by atoms with Crippen LogP contribution in [0.5, 0.6) is 0 Å². The lowest BCUT2D eigenvalue weighted by atomic mass is 10.2. The van der Waals surface area contributed by atoms with Crippen LogP contribution in [0.2, 0.25) is 0 Å². The van der Waals surface area contributed by atoms with Gasteiger partial charge in [0, 0.05) is 0 Å². The molecule has 1 unspecified atom stereocenters. The molecule has 0 aromatic heterocycles. The van der Waals surface area contributed by atoms with Crippen molar-refractivity contribution in [2.45, 2.75) is 36.5 Å². The van der Waals surface area contributed by atoms with Gasteiger partial charge in [-0.3, -0.25) is 8.37 Å². The quantitative estimate of drug-likeness (QED) is 0.189. The van der Waals surface area contributed by atoms with Gasteiger partial charge in [-0.25, -0.2) is 0 Å². The fourth-order valence-electron chi connectivity index (χ4n) is 2.92. The van der Waals surface area contributed by atoms with Crippen molar-refractivity contribution in [3.05, 3.63) is 95.6 Å². The van der Waals surface area contributed by atoms with Crippen LogP contribution in [0.15, 0.2) is 88.7 Å². The first-order valence-corrected chi connectivity index (χ1v) is 13.7. The third-order valence-electron chi connectivity index (χ3n) is 4.88. The first-order valence-electron chi connectivity index (χ1n) is 10.8. The number of hydrogen-bond donors (Lipinski definition) is 0. The van der Waals surface area contributed by atoms with Gasteiger partial charge in [0.1, 0.15) is 6.61 Å². The van der Waals surface area contributed by atoms with E-state index in [-0.39, 0.29) is 29.6 Å². The van der Waals surface area contributed by atoms with E-state index in [1.807, 2.05) is 44.2 Å². The van der Waals surface area contributed by atoms with Crippen molar-refractivity contribution >= 4 is 20.2 Å². The molecule has 3 rings (SSSR count). The molecule has 0 spiro atoms. The molecule has 3 aromatic carbocycles. The number of benzene rings is 3. The maximum atomic E-state index is 12.5. The summed E-state index contributed by atoms with van der Waals surface area (Å²) in [4.78, 5) is 0.0462. The number of aryl methyl sites for hydroxylation is 2. The lowest BCUT2D eigenvalue weighted by Gasteiger charge is -2.19. The second-order valence-electron chi connectivity index (χ2n) is 7.74. The summed E-state index contributed by atoms with van der Waals surface area (Å²) in [5.41, 5.74) is 2.68. The van der Waals surface area contributed by atoms with E-state index in [4.69, 9.17) is 17.8 Å². The minimum Gasteiger partial charge on any atom is -0.348 e. The molecule has 0 heterocycles. The molecule has 188 valence electrons. The number of ether oxygens (including phenoxy) is 2. The Balaban J connectivity index is 1.58. The van der Waals surface area contributed by atoms with E-state index in [2.05, 4.69) is 0 Å². The lowest BCUT2D eigenvalue weighted by Crippen LogP contribution is -2.27. The van der Waals surface area contributed by atoms with Gasteiger partial charge in [0.05, 0.1) is 29.6 Å². The van der Waals surface area contributed by atoms with Gasteiger partial charge in [-0.15, -0.1) is 0 Å². The molecule has 0 saturated heterocycles. The molecule has 10 heteroatoms. The molecule has 1 atom stereocenters. The predicted molar refractivity (Wildman–Crippen MR) is 130 cm³/mol. The van der Waals surface area contributed by atoms with E-state index in [1.165, 1.54) is 24.3 Å². The smallest absolute Gasteiger partial charge is 0.297 e. The summed E-state index contributed by atoms with van der Waals surface area (Å²) in [5, 5.41) is 0. The molecule has 0 aliphatic heterocycles. The molecule has 0 amide bonds. The Kier molecular flexibility index (Phi) is 9.55. The van der Waals surface area contributed by atoms with Crippen LogP contribution < -0.4 is 0 Å². The van der Waals surface area contributed by atoms with Crippen LogP contribution in [0.4, 0.5) is 0 Å². The molecule has 8 nitrogen and oxygen atoms in total. The average Bonchev–Trinajstić information content (AvgIpc) is 2.84. The minimum atomic E-state index is -4.04. The van der Waals surface area contributed by atoms with Crippen molar-refractivity contribution in [1.82, 2.24) is 0 Å². The Morgan fingerprint density at radius 3 is 1.69 bits per heavy atom. The third-order valence-corrected chi connectivity index (χ3v) is 7.51. The average molecular weight is 521 g/mol. The summed E-state index contributed by atoms with van der Waals surface area (Å²) in [5.74, 6) is 0. The van der Waals surface area contributed by atoms with Crippen molar-refractivity contribution in [3.63, 3.8) is 0 Å². The molecule has 0 N–H and O–H groups in total. The SMILES string of the molecule is Cc1ccc(S(=O)(=O)OCCOC(COS(=O)(=O)c2ccc(C)cc2)OCc2ccccc2)cc1. The van der Waals surface area contributed by atoms with Gasteiger partial charge in [-0.05, 0) is 43.7 Å². The summed E-state index contributed by atoms with van der Waals surface area (Å²) >= 11 is 0. The molecule has 0 aliphatic rings. The van der Waals surface area contributed by atoms with E-state index >= 15 is 0 Å². The van der Waals surface area contributed by atoms with Crippen LogP contribution in [0.25, 0.3) is 0 Å². The first-order chi connectivity index (χ1) is 16.7. The summed E-state index contributed by atoms with van der Waals surface area (Å²) in [6, 6.07) is 21.7. The maximum absolute atomic E-state index is 12.5. The lowest BCUT2D eigenvalue weighted by molar-refractivity contribution is -0.167. The molecule has 0 bridgehead atoms. The van der Waals surface area contributed by atoms with E-state index in [9.17, 15) is 16.8 Å². The highest BCUT2D eigenvalue weighted by molar-refractivity contribution is 7.87. The van der Waals surface area contributed by atoms with E-state index in [0.717, 1.165) is 16.7 Å². The number of rotatable bonds is 13. The van der Waals surface area contributed by atoms with Crippen LogP contribution in [0.3, 0.4) is 0 Å². The van der Waals surface area contributed by atoms with Crippen LogP contribution in [0.1, 0.15) is 16.7 Å². The predicted octanol–water partition coefficient (Wildman–Crippen LogP) is 3.97. The van der Waals surface area contributed by atoms with Crippen molar-refractivity contribution in [3.8, 4) is 0 Å². The summed E-state index contributed by atoms with van der Waals surface area (Å²) < 4.78 is 71.1. The maximum Gasteiger partial charge on any atom is 0.297 e. The second kappa shape index (κ2) is 12.4. The molecule has 0 aliphatic carbocycles. The molecular weight excluding hydrogens is 492 g/mol. The Morgan fingerprint density at radius 1 is 0.629 bits per heavy atom. The number of hydrogen-bond acceptors (Lipinski definition) is 8. The third kappa shape index (κ3) is 8.53. The highest BCUT2D eigenvalue weighted by atomic mass is 32.2. The van der Waals surface area contributed by atoms with Crippen molar-refractivity contribution < 1.29 is 34.7 Å². The molecular formula is C25H28O8S2. The van der Waals surface area contributed by atoms with Crippen molar-refractivity contribution in [2.24, 2.45) is 0 Å². The highest BCUT2D eigenvalue weighted by Gasteiger charge is 2.20. The first kappa shape index (κ1) is 27.0. The van der Waals surface area contributed by atoms with Gasteiger partial charge >= 0.3 is 0 Å². The van der Waals surface area contributed by atoms with Crippen molar-refractivity contribution in [1.29, 1.82) is 0 Å². The zero-order valence-electron chi connectivity index (χ0n) is 19.5. The molecule has 0 saturated carbocycles. The zero-order valence-corrected chi connectivity index (χ0v) is 21.1. The minimum absolute atomic E-state index is 0.0115. The Hall–Kier alpha value is -2.60. The van der Waals surface area contributed by atoms with Crippen LogP contribution in [-0.2, 0) is 44.7 Å². The van der Waals surface area contributed by atoms with Gasteiger partial charge < -0.3 is 9.47 Å². The summed E-state index contributed by atoms with van der Waals surface area (Å²) in [7, 11) is -7.99. The molecule has 3 aromatic rings. The van der Waals surface area contributed by atoms with E-state index < -0.39 is 33.1 Å². The normalized spacial score (nSPS) is 13.0. The largest absolute Gasteiger partial charge is 0.348 e. The Labute approximate surface area is 206 Å². The van der Waals surface area contributed by atoms with Gasteiger partial charge in [0.25, 0.3) is 20.2 Å². The highest BCUT2D eigenvalue weighted by Crippen LogP contribution is 2.16. The summed E-state index contributed by atoms with van der Waals surface area (Å²) in [6.45, 7) is 2.96. The van der Waals surface area contributed by atoms with E-state index in [0.29, 0.717) is 0 Å². The Bertz CT molecular complexity index is 1270.